The van der Waals surface area contributed by atoms with Crippen LogP contribution in [0.25, 0.3) is 0 Å². The van der Waals surface area contributed by atoms with Crippen LogP contribution in [0.3, 0.4) is 0 Å². The van der Waals surface area contributed by atoms with Crippen LogP contribution in [0, 0.1) is 17.3 Å². The van der Waals surface area contributed by atoms with Crippen LogP contribution >= 0.6 is 0 Å². The summed E-state index contributed by atoms with van der Waals surface area (Å²) >= 11 is 0. The molecule has 0 aromatic heterocycles. The average molecular weight is 267 g/mol. The maximum atomic E-state index is 12.6. The SMILES string of the molecule is CCCC1C(=O)N(C(C)(C)C)C(=O)C1CC(C)(C)C. The lowest BCUT2D eigenvalue weighted by molar-refractivity contribution is -0.145. The molecule has 0 saturated carbocycles. The number of carbonyl (C=O) groups is 2. The molecule has 2 amide bonds. The first-order chi connectivity index (χ1) is 8.49. The monoisotopic (exact) mass is 267 g/mol. The third-order valence-electron chi connectivity index (χ3n) is 3.66. The van der Waals surface area contributed by atoms with Crippen LogP contribution in [0.5, 0.6) is 0 Å². The van der Waals surface area contributed by atoms with Gasteiger partial charge >= 0.3 is 0 Å². The second kappa shape index (κ2) is 5.26. The van der Waals surface area contributed by atoms with Crippen LogP contribution in [0.4, 0.5) is 0 Å². The fourth-order valence-electron chi connectivity index (χ4n) is 2.97. The molecule has 0 aromatic rings. The van der Waals surface area contributed by atoms with E-state index in [0.29, 0.717) is 0 Å². The van der Waals surface area contributed by atoms with Gasteiger partial charge in [-0.3, -0.25) is 14.5 Å². The minimum Gasteiger partial charge on any atom is -0.277 e. The molecule has 1 saturated heterocycles. The minimum atomic E-state index is -0.410. The molecule has 0 spiro atoms. The molecule has 19 heavy (non-hydrogen) atoms. The molecule has 3 nitrogen and oxygen atoms in total. The minimum absolute atomic E-state index is 0.0332. The molecule has 1 heterocycles. The average Bonchev–Trinajstić information content (AvgIpc) is 2.39. The number of imide groups is 1. The summed E-state index contributed by atoms with van der Waals surface area (Å²) in [6.45, 7) is 14.3. The van der Waals surface area contributed by atoms with E-state index in [2.05, 4.69) is 27.7 Å². The van der Waals surface area contributed by atoms with Crippen molar-refractivity contribution in [3.8, 4) is 0 Å². The van der Waals surface area contributed by atoms with Gasteiger partial charge in [0.25, 0.3) is 0 Å². The Balaban J connectivity index is 3.07. The van der Waals surface area contributed by atoms with Crippen molar-refractivity contribution in [2.75, 3.05) is 0 Å². The summed E-state index contributed by atoms with van der Waals surface area (Å²) in [4.78, 5) is 26.7. The highest BCUT2D eigenvalue weighted by molar-refractivity contribution is 6.05. The molecule has 2 unspecified atom stereocenters. The Hall–Kier alpha value is -0.860. The van der Waals surface area contributed by atoms with Crippen molar-refractivity contribution in [3.63, 3.8) is 0 Å². The Labute approximate surface area is 117 Å². The van der Waals surface area contributed by atoms with Crippen molar-refractivity contribution >= 4 is 11.8 Å². The number of amides is 2. The molecule has 0 radical (unpaired) electrons. The Kier molecular flexibility index (Phi) is 4.48. The van der Waals surface area contributed by atoms with E-state index in [-0.39, 0.29) is 29.1 Å². The predicted octanol–water partition coefficient (Wildman–Crippen LogP) is 3.62. The molecule has 0 aliphatic carbocycles. The van der Waals surface area contributed by atoms with E-state index in [1.807, 2.05) is 20.8 Å². The standard InChI is InChI=1S/C16H29NO2/c1-8-9-11-12(10-15(2,3)4)14(19)17(13(11)18)16(5,6)7/h11-12H,8-10H2,1-7H3. The molecule has 2 atom stereocenters. The number of carbonyl (C=O) groups excluding carboxylic acids is 2. The molecular weight excluding hydrogens is 238 g/mol. The zero-order chi connectivity index (χ0) is 15.0. The summed E-state index contributed by atoms with van der Waals surface area (Å²) in [6, 6.07) is 0. The first-order valence-electron chi connectivity index (χ1n) is 7.37. The topological polar surface area (TPSA) is 37.4 Å². The Morgan fingerprint density at radius 2 is 1.42 bits per heavy atom. The number of hydrogen-bond acceptors (Lipinski definition) is 2. The summed E-state index contributed by atoms with van der Waals surface area (Å²) in [6.07, 6.45) is 2.55. The lowest BCUT2D eigenvalue weighted by Gasteiger charge is -2.30. The van der Waals surface area contributed by atoms with Crippen molar-refractivity contribution in [2.45, 2.75) is 73.3 Å². The molecule has 0 aromatic carbocycles. The largest absolute Gasteiger partial charge is 0.277 e. The highest BCUT2D eigenvalue weighted by Crippen LogP contribution is 2.40. The van der Waals surface area contributed by atoms with E-state index in [9.17, 15) is 9.59 Å². The second-order valence-electron chi connectivity index (χ2n) is 7.95. The first kappa shape index (κ1) is 16.2. The summed E-state index contributed by atoms with van der Waals surface area (Å²) in [5.74, 6) is -0.179. The van der Waals surface area contributed by atoms with Gasteiger partial charge in [0.05, 0.1) is 11.8 Å². The van der Waals surface area contributed by atoms with Crippen molar-refractivity contribution in [1.82, 2.24) is 4.90 Å². The molecule has 0 bridgehead atoms. The second-order valence-corrected chi connectivity index (χ2v) is 7.95. The summed E-state index contributed by atoms with van der Waals surface area (Å²) in [5, 5.41) is 0. The molecule has 110 valence electrons. The van der Waals surface area contributed by atoms with E-state index in [0.717, 1.165) is 19.3 Å². The van der Waals surface area contributed by atoms with Gasteiger partial charge in [-0.1, -0.05) is 34.1 Å². The van der Waals surface area contributed by atoms with E-state index in [1.54, 1.807) is 0 Å². The fourth-order valence-corrected chi connectivity index (χ4v) is 2.97. The van der Waals surface area contributed by atoms with Gasteiger partial charge in [-0.25, -0.2) is 0 Å². The molecule has 1 aliphatic heterocycles. The van der Waals surface area contributed by atoms with Gasteiger partial charge in [0.15, 0.2) is 0 Å². The van der Waals surface area contributed by atoms with Gasteiger partial charge in [-0.2, -0.15) is 0 Å². The predicted molar refractivity (Wildman–Crippen MR) is 77.6 cm³/mol. The molecular formula is C16H29NO2. The number of likely N-dealkylation sites (tertiary alicyclic amines) is 1. The molecule has 3 heteroatoms. The van der Waals surface area contributed by atoms with Gasteiger partial charge < -0.3 is 0 Å². The molecule has 1 fully saturated rings. The van der Waals surface area contributed by atoms with Crippen LogP contribution in [0.15, 0.2) is 0 Å². The quantitative estimate of drug-likeness (QED) is 0.732. The fraction of sp³-hybridized carbons (Fsp3) is 0.875. The van der Waals surface area contributed by atoms with Gasteiger partial charge in [0, 0.05) is 5.54 Å². The number of hydrogen-bond donors (Lipinski definition) is 0. The highest BCUT2D eigenvalue weighted by atomic mass is 16.2. The van der Waals surface area contributed by atoms with Crippen molar-refractivity contribution < 1.29 is 9.59 Å². The Bertz CT molecular complexity index is 360. The van der Waals surface area contributed by atoms with Crippen LogP contribution in [-0.4, -0.2) is 22.3 Å². The van der Waals surface area contributed by atoms with Crippen molar-refractivity contribution in [2.24, 2.45) is 17.3 Å². The summed E-state index contributed by atoms with van der Waals surface area (Å²) in [7, 11) is 0. The maximum Gasteiger partial charge on any atom is 0.233 e. The number of rotatable bonds is 3. The number of nitrogens with zero attached hydrogens (tertiary/aromatic N) is 1. The zero-order valence-corrected chi connectivity index (χ0v) is 13.5. The van der Waals surface area contributed by atoms with E-state index >= 15 is 0 Å². The van der Waals surface area contributed by atoms with Crippen LogP contribution in [-0.2, 0) is 9.59 Å². The third kappa shape index (κ3) is 3.58. The van der Waals surface area contributed by atoms with E-state index in [1.165, 1.54) is 4.90 Å². The van der Waals surface area contributed by atoms with E-state index in [4.69, 9.17) is 0 Å². The van der Waals surface area contributed by atoms with E-state index < -0.39 is 5.54 Å². The van der Waals surface area contributed by atoms with Gasteiger partial charge in [-0.05, 0) is 39.0 Å². The smallest absolute Gasteiger partial charge is 0.233 e. The Morgan fingerprint density at radius 1 is 0.947 bits per heavy atom. The third-order valence-corrected chi connectivity index (χ3v) is 3.66. The van der Waals surface area contributed by atoms with Crippen LogP contribution in [0.1, 0.15) is 67.7 Å². The maximum absolute atomic E-state index is 12.6. The zero-order valence-electron chi connectivity index (χ0n) is 13.5. The Morgan fingerprint density at radius 3 is 1.79 bits per heavy atom. The summed E-state index contributed by atoms with van der Waals surface area (Å²) < 4.78 is 0. The lowest BCUT2D eigenvalue weighted by atomic mass is 9.78. The van der Waals surface area contributed by atoms with Crippen molar-refractivity contribution in [1.29, 1.82) is 0 Å². The van der Waals surface area contributed by atoms with Gasteiger partial charge in [0.2, 0.25) is 11.8 Å². The van der Waals surface area contributed by atoms with Crippen molar-refractivity contribution in [3.05, 3.63) is 0 Å². The first-order valence-corrected chi connectivity index (χ1v) is 7.37. The lowest BCUT2D eigenvalue weighted by Crippen LogP contribution is -2.46. The van der Waals surface area contributed by atoms with Gasteiger partial charge in [-0.15, -0.1) is 0 Å². The molecule has 1 aliphatic rings. The molecule has 1 rings (SSSR count). The summed E-state index contributed by atoms with van der Waals surface area (Å²) in [5.41, 5.74) is -0.340. The molecule has 0 N–H and O–H groups in total. The van der Waals surface area contributed by atoms with Crippen LogP contribution in [0.2, 0.25) is 0 Å². The van der Waals surface area contributed by atoms with Crippen LogP contribution < -0.4 is 0 Å². The normalized spacial score (nSPS) is 25.3. The highest BCUT2D eigenvalue weighted by Gasteiger charge is 2.51. The van der Waals surface area contributed by atoms with Gasteiger partial charge in [0.1, 0.15) is 0 Å².